The molecule has 0 bridgehead atoms. The molecule has 41 heavy (non-hydrogen) atoms. The summed E-state index contributed by atoms with van der Waals surface area (Å²) in [6.07, 6.45) is 3.70. The number of hydrogen-bond donors (Lipinski definition) is 3. The maximum absolute atomic E-state index is 13.1. The van der Waals surface area contributed by atoms with Gasteiger partial charge in [0.05, 0.1) is 18.4 Å². The number of amides is 2. The van der Waals surface area contributed by atoms with E-state index in [2.05, 4.69) is 25.5 Å². The topological polar surface area (TPSA) is 168 Å². The number of alkyl carbamates (subject to hydrolysis) is 1. The van der Waals surface area contributed by atoms with Crippen molar-refractivity contribution in [1.82, 2.24) is 25.4 Å². The largest absolute Gasteiger partial charge is 0.491 e. The highest BCUT2D eigenvalue weighted by Crippen LogP contribution is 2.29. The number of anilines is 1. The van der Waals surface area contributed by atoms with Crippen molar-refractivity contribution in [3.8, 4) is 11.1 Å². The fourth-order valence-electron chi connectivity index (χ4n) is 4.39. The highest BCUT2D eigenvalue weighted by atomic mass is 19.4. The fraction of sp³-hybridized carbons (Fsp3) is 0.538. The maximum Gasteiger partial charge on any atom is 0.491 e. The van der Waals surface area contributed by atoms with Crippen LogP contribution in [0.2, 0.25) is 0 Å². The molecule has 3 rings (SSSR count). The Bertz CT molecular complexity index is 1270. The predicted octanol–water partition coefficient (Wildman–Crippen LogP) is 3.36. The third-order valence-corrected chi connectivity index (χ3v) is 6.28. The predicted molar refractivity (Wildman–Crippen MR) is 139 cm³/mol. The van der Waals surface area contributed by atoms with E-state index < -0.39 is 41.4 Å². The monoisotopic (exact) mass is 582 g/mol. The molecule has 2 aromatic rings. The van der Waals surface area contributed by atoms with E-state index in [4.69, 9.17) is 10.5 Å². The number of aromatic nitrogens is 3. The Morgan fingerprint density at radius 3 is 2.41 bits per heavy atom. The first-order chi connectivity index (χ1) is 19.2. The van der Waals surface area contributed by atoms with Gasteiger partial charge in [0.1, 0.15) is 17.2 Å². The molecule has 2 heterocycles. The first-order valence-corrected chi connectivity index (χ1v) is 13.0. The molecule has 12 nitrogen and oxygen atoms in total. The van der Waals surface area contributed by atoms with Gasteiger partial charge in [0.15, 0.2) is 0 Å². The third kappa shape index (κ3) is 8.91. The van der Waals surface area contributed by atoms with E-state index in [0.717, 1.165) is 38.3 Å². The first kappa shape index (κ1) is 31.4. The van der Waals surface area contributed by atoms with Crippen molar-refractivity contribution in [2.24, 2.45) is 5.92 Å². The molecule has 2 aromatic heterocycles. The van der Waals surface area contributed by atoms with Gasteiger partial charge in [0, 0.05) is 36.3 Å². The van der Waals surface area contributed by atoms with Crippen molar-refractivity contribution in [3.05, 3.63) is 30.4 Å². The summed E-state index contributed by atoms with van der Waals surface area (Å²) in [5.41, 5.74) is 5.02. The molecule has 4 N–H and O–H groups in total. The Morgan fingerprint density at radius 2 is 1.78 bits per heavy atom. The molecule has 0 spiro atoms. The maximum atomic E-state index is 13.1. The van der Waals surface area contributed by atoms with Crippen LogP contribution >= 0.6 is 0 Å². The van der Waals surface area contributed by atoms with Gasteiger partial charge in [-0.2, -0.15) is 18.3 Å². The molecular weight excluding hydrogens is 549 g/mol. The molecular formula is C26H33F3N6O6. The normalized spacial score (nSPS) is 15.1. The van der Waals surface area contributed by atoms with Crippen molar-refractivity contribution in [2.45, 2.75) is 77.2 Å². The van der Waals surface area contributed by atoms with Crippen molar-refractivity contribution >= 4 is 29.6 Å². The van der Waals surface area contributed by atoms with Crippen LogP contribution in [-0.2, 0) is 25.6 Å². The number of carbonyl (C=O) groups excluding carboxylic acids is 4. The number of nitrogens with one attached hydrogen (secondary N) is 2. The standard InChI is InChI=1S/C26H33F3N6O6/c1-25(2,3)41-24(39)34-20(15-7-5-4-6-8-15)21(36)32-9-10-35-14-16(11-33-35)17-12-31-13-18(19(17)30)22(37)40-23(38)26(27,28)29/h11-15,20H,4-10H2,1-3H3,(H2,30,31)(H,32,36)(H,34,39)/t20-/m0/s1. The van der Waals surface area contributed by atoms with E-state index in [0.29, 0.717) is 5.56 Å². The van der Waals surface area contributed by atoms with E-state index in [1.807, 2.05) is 0 Å². The van der Waals surface area contributed by atoms with E-state index in [1.54, 1.807) is 20.8 Å². The van der Waals surface area contributed by atoms with Crippen molar-refractivity contribution < 1.29 is 41.8 Å². The van der Waals surface area contributed by atoms with Crippen molar-refractivity contribution in [1.29, 1.82) is 0 Å². The second-order valence-corrected chi connectivity index (χ2v) is 10.6. The van der Waals surface area contributed by atoms with Gasteiger partial charge in [-0.3, -0.25) is 14.5 Å². The van der Waals surface area contributed by atoms with Gasteiger partial charge in [-0.05, 0) is 39.5 Å². The SMILES string of the molecule is CC(C)(C)OC(=O)N[C@H](C(=O)NCCn1cc(-c2cncc(C(=O)OC(=O)C(F)(F)F)c2N)cn1)C1CCCCC1. The van der Waals surface area contributed by atoms with E-state index in [1.165, 1.54) is 23.3 Å². The van der Waals surface area contributed by atoms with Crippen molar-refractivity contribution in [3.63, 3.8) is 0 Å². The van der Waals surface area contributed by atoms with Crippen LogP contribution in [0, 0.1) is 5.92 Å². The average molecular weight is 583 g/mol. The fourth-order valence-corrected chi connectivity index (χ4v) is 4.39. The number of nitrogens with zero attached hydrogens (tertiary/aromatic N) is 3. The van der Waals surface area contributed by atoms with E-state index >= 15 is 0 Å². The molecule has 1 saturated carbocycles. The van der Waals surface area contributed by atoms with Crippen LogP contribution in [0.25, 0.3) is 11.1 Å². The van der Waals surface area contributed by atoms with Gasteiger partial charge >= 0.3 is 24.2 Å². The quantitative estimate of drug-likeness (QED) is 0.312. The summed E-state index contributed by atoms with van der Waals surface area (Å²) in [6.45, 7) is 5.60. The number of nitrogen functional groups attached to an aromatic ring is 1. The first-order valence-electron chi connectivity index (χ1n) is 13.0. The lowest BCUT2D eigenvalue weighted by Gasteiger charge is -2.31. The molecule has 0 saturated heterocycles. The number of hydrogen-bond acceptors (Lipinski definition) is 9. The second-order valence-electron chi connectivity index (χ2n) is 10.6. The lowest BCUT2D eigenvalue weighted by Crippen LogP contribution is -2.52. The molecule has 1 fully saturated rings. The Labute approximate surface area is 234 Å². The summed E-state index contributed by atoms with van der Waals surface area (Å²) < 4.78 is 48.0. The van der Waals surface area contributed by atoms with Gasteiger partial charge in [0.25, 0.3) is 0 Å². The zero-order chi connectivity index (χ0) is 30.4. The number of carbonyl (C=O) groups is 4. The van der Waals surface area contributed by atoms with E-state index in [9.17, 15) is 32.3 Å². The molecule has 0 aromatic carbocycles. The lowest BCUT2D eigenvalue weighted by molar-refractivity contribution is -0.193. The van der Waals surface area contributed by atoms with Crippen molar-refractivity contribution in [2.75, 3.05) is 12.3 Å². The zero-order valence-electron chi connectivity index (χ0n) is 22.9. The number of ether oxygens (including phenoxy) is 2. The minimum atomic E-state index is -5.35. The Morgan fingerprint density at radius 1 is 1.10 bits per heavy atom. The molecule has 0 aliphatic heterocycles. The Balaban J connectivity index is 1.63. The summed E-state index contributed by atoms with van der Waals surface area (Å²) >= 11 is 0. The molecule has 0 unspecified atom stereocenters. The van der Waals surface area contributed by atoms with Crippen LogP contribution in [0.5, 0.6) is 0 Å². The van der Waals surface area contributed by atoms with Crippen LogP contribution in [0.3, 0.4) is 0 Å². The molecule has 224 valence electrons. The highest BCUT2D eigenvalue weighted by molar-refractivity contribution is 6.03. The second kappa shape index (κ2) is 13.0. The van der Waals surface area contributed by atoms with Gasteiger partial charge in [0.2, 0.25) is 5.91 Å². The third-order valence-electron chi connectivity index (χ3n) is 6.28. The summed E-state index contributed by atoms with van der Waals surface area (Å²) in [6, 6.07) is -0.754. The molecule has 1 aliphatic carbocycles. The van der Waals surface area contributed by atoms with Crippen LogP contribution in [-0.4, -0.2) is 63.1 Å². The Kier molecular flexibility index (Phi) is 9.94. The summed E-state index contributed by atoms with van der Waals surface area (Å²) in [7, 11) is 0. The smallest absolute Gasteiger partial charge is 0.444 e. The van der Waals surface area contributed by atoms with Gasteiger partial charge in [-0.15, -0.1) is 0 Å². The van der Waals surface area contributed by atoms with Crippen LogP contribution in [0.4, 0.5) is 23.7 Å². The van der Waals surface area contributed by atoms with Crippen LogP contribution in [0.15, 0.2) is 24.8 Å². The minimum Gasteiger partial charge on any atom is -0.444 e. The van der Waals surface area contributed by atoms with Crippen LogP contribution < -0.4 is 16.4 Å². The van der Waals surface area contributed by atoms with Gasteiger partial charge in [-0.1, -0.05) is 19.3 Å². The molecule has 2 amide bonds. The summed E-state index contributed by atoms with van der Waals surface area (Å²) in [5.74, 6) is -4.63. The van der Waals surface area contributed by atoms with Gasteiger partial charge < -0.3 is 25.8 Å². The lowest BCUT2D eigenvalue weighted by atomic mass is 9.83. The molecule has 0 radical (unpaired) electrons. The summed E-state index contributed by atoms with van der Waals surface area (Å²) in [4.78, 5) is 52.3. The van der Waals surface area contributed by atoms with Gasteiger partial charge in [-0.25, -0.2) is 14.4 Å². The number of esters is 2. The molecule has 1 aliphatic rings. The molecule has 1 atom stereocenters. The number of halogens is 3. The summed E-state index contributed by atoms with van der Waals surface area (Å²) in [5, 5.41) is 9.72. The zero-order valence-corrected chi connectivity index (χ0v) is 22.9. The number of nitrogens with two attached hydrogens (primary N) is 1. The van der Waals surface area contributed by atoms with Crippen LogP contribution in [0.1, 0.15) is 63.2 Å². The number of pyridine rings is 1. The number of rotatable bonds is 8. The highest BCUT2D eigenvalue weighted by Gasteiger charge is 2.43. The van der Waals surface area contributed by atoms with E-state index in [-0.39, 0.29) is 36.2 Å². The number of alkyl halides is 3. The minimum absolute atomic E-state index is 0.0200. The average Bonchev–Trinajstić information content (AvgIpc) is 3.34. The molecule has 15 heteroatoms. The Hall–Kier alpha value is -4.17.